The molecule has 0 bridgehead atoms. The van der Waals surface area contributed by atoms with Crippen LogP contribution in [0.2, 0.25) is 5.02 Å². The normalized spacial score (nSPS) is 10.3. The molecule has 0 saturated heterocycles. The van der Waals surface area contributed by atoms with Gasteiger partial charge in [-0.2, -0.15) is 0 Å². The summed E-state index contributed by atoms with van der Waals surface area (Å²) in [5, 5.41) is 10.2. The Bertz CT molecular complexity index is 566. The first-order valence-corrected chi connectivity index (χ1v) is 6.73. The molecule has 0 aliphatic heterocycles. The van der Waals surface area contributed by atoms with E-state index in [1.165, 1.54) is 0 Å². The lowest BCUT2D eigenvalue weighted by Gasteiger charge is -2.04. The molecule has 0 saturated carbocycles. The highest BCUT2D eigenvalue weighted by Gasteiger charge is 2.07. The number of aromatic amines is 1. The maximum absolute atomic E-state index is 11.8. The number of H-pyrrole nitrogens is 1. The van der Waals surface area contributed by atoms with Gasteiger partial charge >= 0.3 is 0 Å². The second-order valence-electron chi connectivity index (χ2n) is 4.24. The van der Waals surface area contributed by atoms with E-state index in [-0.39, 0.29) is 12.3 Å². The van der Waals surface area contributed by atoms with Gasteiger partial charge in [0.05, 0.1) is 13.0 Å². The van der Waals surface area contributed by atoms with Crippen molar-refractivity contribution in [2.75, 3.05) is 6.61 Å². The fraction of sp³-hybridized carbons (Fsp3) is 0.286. The van der Waals surface area contributed by atoms with E-state index in [4.69, 9.17) is 16.3 Å². The zero-order chi connectivity index (χ0) is 14.4. The number of carbonyl (C=O) groups excluding carboxylic acids is 1. The molecule has 0 fully saturated rings. The molecule has 2 N–H and O–H groups in total. The van der Waals surface area contributed by atoms with Crippen molar-refractivity contribution in [3.05, 3.63) is 46.6 Å². The molecule has 0 unspecified atom stereocenters. The van der Waals surface area contributed by atoms with Crippen molar-refractivity contribution in [1.29, 1.82) is 0 Å². The topological polar surface area (TPSA) is 67.0 Å². The molecule has 0 aliphatic rings. The number of aromatic nitrogens is 2. The molecule has 0 atom stereocenters. The second kappa shape index (κ2) is 6.96. The van der Waals surface area contributed by atoms with E-state index >= 15 is 0 Å². The summed E-state index contributed by atoms with van der Waals surface area (Å²) in [6, 6.07) is 9.09. The van der Waals surface area contributed by atoms with Gasteiger partial charge in [0.2, 0.25) is 11.8 Å². The molecule has 1 aromatic carbocycles. The number of benzene rings is 1. The predicted molar refractivity (Wildman–Crippen MR) is 76.8 cm³/mol. The molecule has 0 radical (unpaired) electrons. The fourth-order valence-electron chi connectivity index (χ4n) is 1.69. The van der Waals surface area contributed by atoms with Crippen LogP contribution in [0.3, 0.4) is 0 Å². The van der Waals surface area contributed by atoms with Gasteiger partial charge in [-0.3, -0.25) is 9.89 Å². The lowest BCUT2D eigenvalue weighted by atomic mass is 10.2. The third kappa shape index (κ3) is 4.28. The SMILES string of the molecule is CCOc1cc(CC(=O)NCc2ccc(Cl)cc2)[nH]n1. The van der Waals surface area contributed by atoms with E-state index in [1.807, 2.05) is 19.1 Å². The summed E-state index contributed by atoms with van der Waals surface area (Å²) in [6.45, 7) is 2.91. The van der Waals surface area contributed by atoms with Gasteiger partial charge in [-0.05, 0) is 24.6 Å². The third-order valence-corrected chi connectivity index (χ3v) is 2.91. The van der Waals surface area contributed by atoms with Gasteiger partial charge in [-0.1, -0.05) is 23.7 Å². The lowest BCUT2D eigenvalue weighted by Crippen LogP contribution is -2.24. The number of rotatable bonds is 6. The fourth-order valence-corrected chi connectivity index (χ4v) is 1.82. The first-order chi connectivity index (χ1) is 9.67. The average molecular weight is 294 g/mol. The van der Waals surface area contributed by atoms with Crippen LogP contribution in [-0.2, 0) is 17.8 Å². The zero-order valence-electron chi connectivity index (χ0n) is 11.1. The Balaban J connectivity index is 1.81. The number of ether oxygens (including phenoxy) is 1. The molecule has 5 nitrogen and oxygen atoms in total. The molecule has 106 valence electrons. The summed E-state index contributed by atoms with van der Waals surface area (Å²) in [4.78, 5) is 11.8. The molecule has 1 heterocycles. The van der Waals surface area contributed by atoms with E-state index in [0.717, 1.165) is 11.3 Å². The maximum Gasteiger partial charge on any atom is 0.232 e. The van der Waals surface area contributed by atoms with Crippen LogP contribution in [0.1, 0.15) is 18.2 Å². The summed E-state index contributed by atoms with van der Waals surface area (Å²) in [6.07, 6.45) is 0.244. The maximum atomic E-state index is 11.8. The van der Waals surface area contributed by atoms with Crippen molar-refractivity contribution < 1.29 is 9.53 Å². The minimum atomic E-state index is -0.0772. The average Bonchev–Trinajstić information content (AvgIpc) is 2.86. The van der Waals surface area contributed by atoms with Crippen molar-refractivity contribution in [3.8, 4) is 5.88 Å². The summed E-state index contributed by atoms with van der Waals surface area (Å²) < 4.78 is 5.22. The highest BCUT2D eigenvalue weighted by Crippen LogP contribution is 2.10. The number of nitrogens with zero attached hydrogens (tertiary/aromatic N) is 1. The van der Waals surface area contributed by atoms with Crippen LogP contribution in [-0.4, -0.2) is 22.7 Å². The monoisotopic (exact) mass is 293 g/mol. The molecule has 2 aromatic rings. The van der Waals surface area contributed by atoms with Gasteiger partial charge in [0.25, 0.3) is 0 Å². The smallest absolute Gasteiger partial charge is 0.232 e. The van der Waals surface area contributed by atoms with Crippen LogP contribution in [0.4, 0.5) is 0 Å². The zero-order valence-corrected chi connectivity index (χ0v) is 11.9. The quantitative estimate of drug-likeness (QED) is 0.859. The molecule has 0 spiro atoms. The van der Waals surface area contributed by atoms with E-state index in [9.17, 15) is 4.79 Å². The highest BCUT2D eigenvalue weighted by atomic mass is 35.5. The predicted octanol–water partition coefficient (Wildman–Crippen LogP) is 2.32. The minimum absolute atomic E-state index is 0.0772. The lowest BCUT2D eigenvalue weighted by molar-refractivity contribution is -0.120. The van der Waals surface area contributed by atoms with Crippen LogP contribution in [0.5, 0.6) is 5.88 Å². The number of hydrogen-bond acceptors (Lipinski definition) is 3. The Hall–Kier alpha value is -2.01. The summed E-state index contributed by atoms with van der Waals surface area (Å²) >= 11 is 5.80. The van der Waals surface area contributed by atoms with Crippen molar-refractivity contribution >= 4 is 17.5 Å². The van der Waals surface area contributed by atoms with Gasteiger partial charge in [-0.15, -0.1) is 5.10 Å². The Morgan fingerprint density at radius 3 is 2.85 bits per heavy atom. The Morgan fingerprint density at radius 2 is 2.15 bits per heavy atom. The van der Waals surface area contributed by atoms with E-state index in [2.05, 4.69) is 15.5 Å². The minimum Gasteiger partial charge on any atom is -0.477 e. The molecule has 6 heteroatoms. The van der Waals surface area contributed by atoms with Gasteiger partial charge in [-0.25, -0.2) is 0 Å². The molecule has 1 amide bonds. The molecular formula is C14H16ClN3O2. The summed E-state index contributed by atoms with van der Waals surface area (Å²) in [7, 11) is 0. The third-order valence-electron chi connectivity index (χ3n) is 2.65. The van der Waals surface area contributed by atoms with E-state index < -0.39 is 0 Å². The van der Waals surface area contributed by atoms with Crippen molar-refractivity contribution in [3.63, 3.8) is 0 Å². The second-order valence-corrected chi connectivity index (χ2v) is 4.68. The number of nitrogens with one attached hydrogen (secondary N) is 2. The van der Waals surface area contributed by atoms with Gasteiger partial charge in [0, 0.05) is 23.3 Å². The number of halogens is 1. The van der Waals surface area contributed by atoms with Crippen LogP contribution < -0.4 is 10.1 Å². The van der Waals surface area contributed by atoms with Crippen LogP contribution in [0.25, 0.3) is 0 Å². The van der Waals surface area contributed by atoms with E-state index in [1.54, 1.807) is 18.2 Å². The Labute approximate surface area is 122 Å². The molecule has 1 aromatic heterocycles. The van der Waals surface area contributed by atoms with Crippen molar-refractivity contribution in [2.24, 2.45) is 0 Å². The molecule has 0 aliphatic carbocycles. The van der Waals surface area contributed by atoms with Crippen molar-refractivity contribution in [2.45, 2.75) is 19.9 Å². The van der Waals surface area contributed by atoms with Gasteiger partial charge < -0.3 is 10.1 Å². The number of hydrogen-bond donors (Lipinski definition) is 2. The molecule has 20 heavy (non-hydrogen) atoms. The first-order valence-electron chi connectivity index (χ1n) is 6.35. The number of amides is 1. The van der Waals surface area contributed by atoms with Gasteiger partial charge in [0.15, 0.2) is 0 Å². The van der Waals surface area contributed by atoms with Crippen molar-refractivity contribution in [1.82, 2.24) is 15.5 Å². The first kappa shape index (κ1) is 14.4. The van der Waals surface area contributed by atoms with Crippen LogP contribution >= 0.6 is 11.6 Å². The van der Waals surface area contributed by atoms with E-state index in [0.29, 0.717) is 24.1 Å². The Morgan fingerprint density at radius 1 is 1.40 bits per heavy atom. The van der Waals surface area contributed by atoms with Crippen LogP contribution in [0.15, 0.2) is 30.3 Å². The van der Waals surface area contributed by atoms with Gasteiger partial charge in [0.1, 0.15) is 0 Å². The molecular weight excluding hydrogens is 278 g/mol. The summed E-state index contributed by atoms with van der Waals surface area (Å²) in [5.41, 5.74) is 1.73. The highest BCUT2D eigenvalue weighted by molar-refractivity contribution is 6.30. The number of carbonyl (C=O) groups is 1. The largest absolute Gasteiger partial charge is 0.477 e. The standard InChI is InChI=1S/C14H16ClN3O2/c1-2-20-14-8-12(17-18-14)7-13(19)16-9-10-3-5-11(15)6-4-10/h3-6,8H,2,7,9H2,1H3,(H,16,19)(H,17,18). The Kier molecular flexibility index (Phi) is 5.01. The molecule has 2 rings (SSSR count). The van der Waals surface area contributed by atoms with Crippen LogP contribution in [0, 0.1) is 0 Å². The summed E-state index contributed by atoms with van der Waals surface area (Å²) in [5.74, 6) is 0.430.